The van der Waals surface area contributed by atoms with E-state index in [2.05, 4.69) is 28.1 Å². The second-order valence-corrected chi connectivity index (χ2v) is 5.38. The molecule has 0 radical (unpaired) electrons. The molecule has 3 heterocycles. The Morgan fingerprint density at radius 3 is 2.80 bits per heavy atom. The van der Waals surface area contributed by atoms with Crippen molar-refractivity contribution in [1.29, 1.82) is 0 Å². The van der Waals surface area contributed by atoms with Gasteiger partial charge in [-0.05, 0) is 56.1 Å². The third-order valence-corrected chi connectivity index (χ3v) is 4.10. The summed E-state index contributed by atoms with van der Waals surface area (Å²) in [6.07, 6.45) is 6.09. The summed E-state index contributed by atoms with van der Waals surface area (Å²) in [6, 6.07) is 8.83. The Bertz CT molecular complexity index is 552. The number of likely N-dealkylation sites (tertiary alicyclic amines) is 1. The van der Waals surface area contributed by atoms with Crippen LogP contribution in [0.4, 0.5) is 0 Å². The summed E-state index contributed by atoms with van der Waals surface area (Å²) < 4.78 is 5.80. The number of aromatic nitrogens is 1. The third-order valence-electron chi connectivity index (χ3n) is 4.10. The lowest BCUT2D eigenvalue weighted by atomic mass is 10.0. The molecule has 0 amide bonds. The highest BCUT2D eigenvalue weighted by Crippen LogP contribution is 2.38. The Kier molecular flexibility index (Phi) is 3.85. The molecule has 2 N–H and O–H groups in total. The molecule has 0 aromatic carbocycles. The maximum Gasteiger partial charge on any atom is 0.122 e. The number of hydrogen-bond acceptors (Lipinski definition) is 4. The lowest BCUT2D eigenvalue weighted by Crippen LogP contribution is -2.33. The SMILES string of the molecule is Cc1ccc(C(CN)N2CCCC2c2ccncc2)o1. The number of rotatable bonds is 4. The van der Waals surface area contributed by atoms with Crippen molar-refractivity contribution < 1.29 is 4.42 Å². The van der Waals surface area contributed by atoms with Gasteiger partial charge in [-0.15, -0.1) is 0 Å². The van der Waals surface area contributed by atoms with Crippen LogP contribution in [0, 0.1) is 6.92 Å². The number of nitrogens with two attached hydrogens (primary N) is 1. The molecule has 1 aliphatic heterocycles. The molecule has 106 valence electrons. The van der Waals surface area contributed by atoms with Gasteiger partial charge in [0.2, 0.25) is 0 Å². The minimum absolute atomic E-state index is 0.157. The molecule has 20 heavy (non-hydrogen) atoms. The zero-order chi connectivity index (χ0) is 13.9. The van der Waals surface area contributed by atoms with Crippen molar-refractivity contribution in [2.45, 2.75) is 31.8 Å². The van der Waals surface area contributed by atoms with E-state index in [9.17, 15) is 0 Å². The Labute approximate surface area is 119 Å². The maximum absolute atomic E-state index is 6.02. The number of nitrogens with zero attached hydrogens (tertiary/aromatic N) is 2. The van der Waals surface area contributed by atoms with E-state index in [1.807, 2.05) is 25.4 Å². The van der Waals surface area contributed by atoms with Crippen molar-refractivity contribution in [3.05, 3.63) is 53.7 Å². The second kappa shape index (κ2) is 5.77. The van der Waals surface area contributed by atoms with Crippen LogP contribution < -0.4 is 5.73 Å². The maximum atomic E-state index is 6.02. The molecular weight excluding hydrogens is 250 g/mol. The van der Waals surface area contributed by atoms with Gasteiger partial charge in [-0.25, -0.2) is 0 Å². The topological polar surface area (TPSA) is 55.3 Å². The molecule has 0 aliphatic carbocycles. The summed E-state index contributed by atoms with van der Waals surface area (Å²) in [5, 5.41) is 0. The van der Waals surface area contributed by atoms with E-state index >= 15 is 0 Å². The zero-order valence-corrected chi connectivity index (χ0v) is 11.8. The first-order valence-corrected chi connectivity index (χ1v) is 7.21. The predicted molar refractivity (Wildman–Crippen MR) is 78.2 cm³/mol. The van der Waals surface area contributed by atoms with Crippen molar-refractivity contribution in [1.82, 2.24) is 9.88 Å². The van der Waals surface area contributed by atoms with Gasteiger partial charge in [0.15, 0.2) is 0 Å². The van der Waals surface area contributed by atoms with Crippen molar-refractivity contribution in [3.8, 4) is 0 Å². The highest BCUT2D eigenvalue weighted by atomic mass is 16.3. The van der Waals surface area contributed by atoms with Crippen LogP contribution in [0.1, 0.15) is 42.0 Å². The fourth-order valence-corrected chi connectivity index (χ4v) is 3.15. The van der Waals surface area contributed by atoms with Gasteiger partial charge in [-0.2, -0.15) is 0 Å². The number of hydrogen-bond donors (Lipinski definition) is 1. The van der Waals surface area contributed by atoms with E-state index in [0.717, 1.165) is 18.1 Å². The van der Waals surface area contributed by atoms with Gasteiger partial charge < -0.3 is 10.2 Å². The van der Waals surface area contributed by atoms with Gasteiger partial charge in [0.1, 0.15) is 11.5 Å². The third kappa shape index (κ3) is 2.49. The van der Waals surface area contributed by atoms with Gasteiger partial charge >= 0.3 is 0 Å². The number of furan rings is 1. The Morgan fingerprint density at radius 1 is 1.35 bits per heavy atom. The van der Waals surface area contributed by atoms with Crippen molar-refractivity contribution in [2.24, 2.45) is 5.73 Å². The van der Waals surface area contributed by atoms with E-state index in [1.54, 1.807) is 0 Å². The predicted octanol–water partition coefficient (Wildman–Crippen LogP) is 2.82. The van der Waals surface area contributed by atoms with Crippen LogP contribution in [-0.4, -0.2) is 23.0 Å². The van der Waals surface area contributed by atoms with E-state index in [1.165, 1.54) is 18.4 Å². The van der Waals surface area contributed by atoms with Crippen LogP contribution in [0.15, 0.2) is 41.1 Å². The van der Waals surface area contributed by atoms with Crippen molar-refractivity contribution in [3.63, 3.8) is 0 Å². The zero-order valence-electron chi connectivity index (χ0n) is 11.8. The highest BCUT2D eigenvalue weighted by Gasteiger charge is 2.33. The lowest BCUT2D eigenvalue weighted by molar-refractivity contribution is 0.163. The van der Waals surface area contributed by atoms with E-state index in [-0.39, 0.29) is 6.04 Å². The van der Waals surface area contributed by atoms with E-state index in [0.29, 0.717) is 12.6 Å². The molecule has 1 saturated heterocycles. The summed E-state index contributed by atoms with van der Waals surface area (Å²) >= 11 is 0. The van der Waals surface area contributed by atoms with E-state index < -0.39 is 0 Å². The molecule has 2 unspecified atom stereocenters. The molecule has 0 bridgehead atoms. The normalized spacial score (nSPS) is 21.2. The van der Waals surface area contributed by atoms with Crippen molar-refractivity contribution >= 4 is 0 Å². The summed E-state index contributed by atoms with van der Waals surface area (Å²) in [5.41, 5.74) is 7.34. The summed E-state index contributed by atoms with van der Waals surface area (Å²) in [4.78, 5) is 6.57. The number of aryl methyl sites for hydroxylation is 1. The Morgan fingerprint density at radius 2 is 2.15 bits per heavy atom. The molecule has 1 aliphatic rings. The van der Waals surface area contributed by atoms with Gasteiger partial charge in [-0.3, -0.25) is 9.88 Å². The Hall–Kier alpha value is -1.65. The molecule has 2 atom stereocenters. The van der Waals surface area contributed by atoms with E-state index in [4.69, 9.17) is 10.2 Å². The van der Waals surface area contributed by atoms with Crippen LogP contribution in [-0.2, 0) is 0 Å². The highest BCUT2D eigenvalue weighted by molar-refractivity contribution is 5.19. The van der Waals surface area contributed by atoms with Gasteiger partial charge in [-0.1, -0.05) is 0 Å². The molecule has 2 aromatic rings. The van der Waals surface area contributed by atoms with Gasteiger partial charge in [0.25, 0.3) is 0 Å². The summed E-state index contributed by atoms with van der Waals surface area (Å²) in [5.74, 6) is 1.92. The molecule has 4 nitrogen and oxygen atoms in total. The standard InChI is InChI=1S/C16H21N3O/c1-12-4-5-16(20-12)15(11-17)19-10-2-3-14(19)13-6-8-18-9-7-13/h4-9,14-15H,2-3,10-11,17H2,1H3. The first-order valence-electron chi connectivity index (χ1n) is 7.21. The molecule has 3 rings (SSSR count). The first kappa shape index (κ1) is 13.3. The fourth-order valence-electron chi connectivity index (χ4n) is 3.15. The smallest absolute Gasteiger partial charge is 0.122 e. The average molecular weight is 271 g/mol. The van der Waals surface area contributed by atoms with Crippen LogP contribution in [0.5, 0.6) is 0 Å². The van der Waals surface area contributed by atoms with Crippen LogP contribution >= 0.6 is 0 Å². The molecule has 1 fully saturated rings. The number of pyridine rings is 1. The molecule has 4 heteroatoms. The summed E-state index contributed by atoms with van der Waals surface area (Å²) in [7, 11) is 0. The molecule has 0 saturated carbocycles. The second-order valence-electron chi connectivity index (χ2n) is 5.38. The first-order chi connectivity index (χ1) is 9.79. The minimum atomic E-state index is 0.157. The van der Waals surface area contributed by atoms with Gasteiger partial charge in [0.05, 0.1) is 6.04 Å². The summed E-state index contributed by atoms with van der Waals surface area (Å²) in [6.45, 7) is 3.62. The molecule has 2 aromatic heterocycles. The van der Waals surface area contributed by atoms with Crippen LogP contribution in [0.25, 0.3) is 0 Å². The largest absolute Gasteiger partial charge is 0.465 e. The molecule has 0 spiro atoms. The van der Waals surface area contributed by atoms with Crippen molar-refractivity contribution in [2.75, 3.05) is 13.1 Å². The average Bonchev–Trinajstić information content (AvgIpc) is 3.11. The fraction of sp³-hybridized carbons (Fsp3) is 0.438. The lowest BCUT2D eigenvalue weighted by Gasteiger charge is -2.31. The molecular formula is C16H21N3O. The monoisotopic (exact) mass is 271 g/mol. The van der Waals surface area contributed by atoms with Gasteiger partial charge in [0, 0.05) is 25.0 Å². The van der Waals surface area contributed by atoms with Crippen LogP contribution in [0.3, 0.4) is 0 Å². The minimum Gasteiger partial charge on any atom is -0.465 e. The quantitative estimate of drug-likeness (QED) is 0.929. The Balaban J connectivity index is 1.87. The van der Waals surface area contributed by atoms with Crippen LogP contribution in [0.2, 0.25) is 0 Å².